The van der Waals surface area contributed by atoms with Crippen LogP contribution in [0.15, 0.2) is 23.6 Å². The lowest BCUT2D eigenvalue weighted by atomic mass is 10.1. The van der Waals surface area contributed by atoms with Crippen LogP contribution in [0.2, 0.25) is 10.0 Å². The van der Waals surface area contributed by atoms with Crippen molar-refractivity contribution in [1.29, 1.82) is 0 Å². The molecule has 0 aromatic carbocycles. The van der Waals surface area contributed by atoms with Crippen molar-refractivity contribution in [3.8, 4) is 0 Å². The molecule has 1 aliphatic rings. The zero-order valence-corrected chi connectivity index (χ0v) is 15.2. The second-order valence-corrected chi connectivity index (χ2v) is 6.78. The van der Waals surface area contributed by atoms with Crippen LogP contribution in [0, 0.1) is 6.92 Å². The fourth-order valence-corrected chi connectivity index (χ4v) is 3.36. The van der Waals surface area contributed by atoms with Crippen LogP contribution in [-0.2, 0) is 0 Å². The van der Waals surface area contributed by atoms with Gasteiger partial charge in [-0.1, -0.05) is 28.4 Å². The normalized spacial score (nSPS) is 15.9. The first-order valence-electron chi connectivity index (χ1n) is 7.94. The molecule has 3 heterocycles. The van der Waals surface area contributed by atoms with Gasteiger partial charge in [-0.3, -0.25) is 9.47 Å². The molecule has 0 radical (unpaired) electrons. The first-order chi connectivity index (χ1) is 12.0. The summed E-state index contributed by atoms with van der Waals surface area (Å²) in [6.07, 6.45) is 6.83. The van der Waals surface area contributed by atoms with Crippen LogP contribution in [0.4, 0.5) is 0 Å². The van der Waals surface area contributed by atoms with Gasteiger partial charge in [-0.05, 0) is 25.8 Å². The maximum Gasteiger partial charge on any atom is 0.269 e. The van der Waals surface area contributed by atoms with Crippen LogP contribution in [0.1, 0.15) is 34.6 Å². The van der Waals surface area contributed by atoms with E-state index in [1.54, 1.807) is 6.92 Å². The topological polar surface area (TPSA) is 85.7 Å². The van der Waals surface area contributed by atoms with Crippen molar-refractivity contribution in [2.45, 2.75) is 25.8 Å². The van der Waals surface area contributed by atoms with E-state index in [9.17, 15) is 4.79 Å². The second kappa shape index (κ2) is 7.41. The van der Waals surface area contributed by atoms with Gasteiger partial charge < -0.3 is 20.5 Å². The van der Waals surface area contributed by atoms with Gasteiger partial charge in [0.1, 0.15) is 5.69 Å². The lowest BCUT2D eigenvalue weighted by Crippen LogP contribution is -2.48. The summed E-state index contributed by atoms with van der Waals surface area (Å²) < 4.78 is 1.97. The minimum Gasteiger partial charge on any atom is -0.411 e. The molecule has 3 N–H and O–H groups in total. The predicted octanol–water partition coefficient (Wildman–Crippen LogP) is 2.77. The first kappa shape index (κ1) is 17.7. The lowest BCUT2D eigenvalue weighted by Gasteiger charge is -2.34. The number of aromatic nitrogens is 2. The van der Waals surface area contributed by atoms with E-state index in [2.05, 4.69) is 20.5 Å². The van der Waals surface area contributed by atoms with Gasteiger partial charge in [0.25, 0.3) is 5.91 Å². The number of nitrogens with zero attached hydrogens (tertiary/aromatic N) is 3. The largest absolute Gasteiger partial charge is 0.411 e. The molecule has 0 aliphatic carbocycles. The highest BCUT2D eigenvalue weighted by atomic mass is 35.5. The monoisotopic (exact) mass is 383 g/mol. The molecule has 1 fully saturated rings. The molecule has 0 spiro atoms. The smallest absolute Gasteiger partial charge is 0.269 e. The average molecular weight is 384 g/mol. The Kier molecular flexibility index (Phi) is 5.24. The molecule has 9 heteroatoms. The van der Waals surface area contributed by atoms with Crippen molar-refractivity contribution < 1.29 is 10.0 Å². The molecule has 0 atom stereocenters. The number of hydrogen-bond acceptors (Lipinski definition) is 4. The first-order valence-corrected chi connectivity index (χ1v) is 8.70. The van der Waals surface area contributed by atoms with E-state index in [1.807, 2.05) is 23.1 Å². The Labute approximate surface area is 155 Å². The third kappa shape index (κ3) is 3.77. The van der Waals surface area contributed by atoms with Crippen molar-refractivity contribution in [3.63, 3.8) is 0 Å². The van der Waals surface area contributed by atoms with E-state index < -0.39 is 0 Å². The number of piperidine rings is 1. The molecule has 0 bridgehead atoms. The number of aromatic amines is 1. The predicted molar refractivity (Wildman–Crippen MR) is 97.8 cm³/mol. The number of aryl methyl sites for hydroxylation is 1. The molecular weight excluding hydrogens is 365 g/mol. The van der Waals surface area contributed by atoms with Crippen LogP contribution >= 0.6 is 23.2 Å². The molecule has 25 heavy (non-hydrogen) atoms. The molecule has 1 saturated heterocycles. The molecule has 2 aromatic heterocycles. The standard InChI is InChI=1S/C16H19Cl2N5O2/c1-10-13(17)14(18)15(20-10)16(24)21-12-3-6-22(7-4-12)23-5-2-11(9-23)8-19-25/h2,5,8-9,12,20,25H,3-4,6-7H2,1H3,(H,21,24)/b19-8-. The third-order valence-electron chi connectivity index (χ3n) is 4.32. The van der Waals surface area contributed by atoms with Gasteiger partial charge in [-0.2, -0.15) is 0 Å². The maximum atomic E-state index is 12.4. The zero-order valence-electron chi connectivity index (χ0n) is 13.7. The zero-order chi connectivity index (χ0) is 18.0. The summed E-state index contributed by atoms with van der Waals surface area (Å²) in [5.41, 5.74) is 1.82. The summed E-state index contributed by atoms with van der Waals surface area (Å²) in [5, 5.41) is 17.4. The minimum absolute atomic E-state index is 0.0798. The van der Waals surface area contributed by atoms with Crippen LogP contribution in [0.3, 0.4) is 0 Å². The molecule has 7 nitrogen and oxygen atoms in total. The molecule has 0 unspecified atom stereocenters. The van der Waals surface area contributed by atoms with Gasteiger partial charge in [0, 0.05) is 42.8 Å². The number of nitrogens with one attached hydrogen (secondary N) is 2. The van der Waals surface area contributed by atoms with Gasteiger partial charge in [-0.15, -0.1) is 0 Å². The number of H-pyrrole nitrogens is 1. The second-order valence-electron chi connectivity index (χ2n) is 6.02. The molecule has 0 saturated carbocycles. The van der Waals surface area contributed by atoms with Crippen LogP contribution in [0.5, 0.6) is 0 Å². The van der Waals surface area contributed by atoms with Crippen molar-refractivity contribution in [1.82, 2.24) is 15.0 Å². The summed E-state index contributed by atoms with van der Waals surface area (Å²) in [4.78, 5) is 15.3. The Bertz CT molecular complexity index is 791. The fraction of sp³-hybridized carbons (Fsp3) is 0.375. The molecule has 3 rings (SSSR count). The third-order valence-corrected chi connectivity index (χ3v) is 5.27. The molecular formula is C16H19Cl2N5O2. The van der Waals surface area contributed by atoms with E-state index in [-0.39, 0.29) is 17.0 Å². The highest BCUT2D eigenvalue weighted by molar-refractivity contribution is 6.44. The van der Waals surface area contributed by atoms with Gasteiger partial charge in [-0.25, -0.2) is 0 Å². The van der Waals surface area contributed by atoms with E-state index in [0.29, 0.717) is 16.4 Å². The maximum absolute atomic E-state index is 12.4. The Morgan fingerprint density at radius 2 is 2.12 bits per heavy atom. The lowest BCUT2D eigenvalue weighted by molar-refractivity contribution is 0.0925. The number of carbonyl (C=O) groups excluding carboxylic acids is 1. The Hall–Kier alpha value is -2.12. The summed E-state index contributed by atoms with van der Waals surface area (Å²) in [7, 11) is 0. The van der Waals surface area contributed by atoms with Crippen molar-refractivity contribution in [3.05, 3.63) is 45.5 Å². The number of hydrogen-bond donors (Lipinski definition) is 3. The molecule has 2 aromatic rings. The van der Waals surface area contributed by atoms with Crippen LogP contribution in [0.25, 0.3) is 0 Å². The SMILES string of the molecule is Cc1[nH]c(C(=O)NC2CCN(n3ccc(/C=N\O)c3)CC2)c(Cl)c1Cl. The van der Waals surface area contributed by atoms with Gasteiger partial charge in [0.05, 0.1) is 16.3 Å². The van der Waals surface area contributed by atoms with Crippen molar-refractivity contribution in [2.24, 2.45) is 5.16 Å². The van der Waals surface area contributed by atoms with E-state index in [1.165, 1.54) is 6.21 Å². The van der Waals surface area contributed by atoms with Crippen molar-refractivity contribution >= 4 is 35.3 Å². The summed E-state index contributed by atoms with van der Waals surface area (Å²) >= 11 is 12.1. The van der Waals surface area contributed by atoms with Gasteiger partial charge in [0.15, 0.2) is 0 Å². The number of oxime groups is 1. The Morgan fingerprint density at radius 1 is 1.40 bits per heavy atom. The molecule has 1 amide bonds. The van der Waals surface area contributed by atoms with E-state index >= 15 is 0 Å². The summed E-state index contributed by atoms with van der Waals surface area (Å²) in [5.74, 6) is -0.235. The Balaban J connectivity index is 1.56. The Morgan fingerprint density at radius 3 is 2.72 bits per heavy atom. The van der Waals surface area contributed by atoms with Crippen LogP contribution in [-0.4, -0.2) is 46.1 Å². The van der Waals surface area contributed by atoms with E-state index in [0.717, 1.165) is 31.5 Å². The quantitative estimate of drug-likeness (QED) is 0.431. The van der Waals surface area contributed by atoms with Crippen molar-refractivity contribution in [2.75, 3.05) is 18.1 Å². The van der Waals surface area contributed by atoms with Gasteiger partial charge >= 0.3 is 0 Å². The molecule has 1 aliphatic heterocycles. The number of rotatable bonds is 4. The highest BCUT2D eigenvalue weighted by Gasteiger charge is 2.24. The number of amides is 1. The highest BCUT2D eigenvalue weighted by Crippen LogP contribution is 2.29. The van der Waals surface area contributed by atoms with Crippen LogP contribution < -0.4 is 10.3 Å². The van der Waals surface area contributed by atoms with E-state index in [4.69, 9.17) is 28.4 Å². The van der Waals surface area contributed by atoms with Gasteiger partial charge in [0.2, 0.25) is 0 Å². The molecule has 134 valence electrons. The summed E-state index contributed by atoms with van der Waals surface area (Å²) in [6.45, 7) is 3.37. The summed E-state index contributed by atoms with van der Waals surface area (Å²) in [6, 6.07) is 1.95. The number of carbonyl (C=O) groups is 1. The average Bonchev–Trinajstić information content (AvgIpc) is 3.16. The number of halogens is 2. The minimum atomic E-state index is -0.235. The fourth-order valence-electron chi connectivity index (χ4n) is 2.95.